The normalized spacial score (nSPS) is 10.5. The van der Waals surface area contributed by atoms with Gasteiger partial charge in [0.15, 0.2) is 0 Å². The molecule has 1 aromatic carbocycles. The van der Waals surface area contributed by atoms with E-state index in [1.54, 1.807) is 4.57 Å². The lowest BCUT2D eigenvalue weighted by atomic mass is 10.1. The van der Waals surface area contributed by atoms with Gasteiger partial charge in [0.1, 0.15) is 29.0 Å². The van der Waals surface area contributed by atoms with E-state index in [1.807, 2.05) is 6.92 Å². The van der Waals surface area contributed by atoms with Crippen LogP contribution in [0.2, 0.25) is 0 Å². The minimum atomic E-state index is -0.690. The second-order valence-corrected chi connectivity index (χ2v) is 4.40. The van der Waals surface area contributed by atoms with Gasteiger partial charge in [-0.3, -0.25) is 0 Å². The zero-order valence-electron chi connectivity index (χ0n) is 11.2. The average Bonchev–Trinajstić information content (AvgIpc) is 2.69. The van der Waals surface area contributed by atoms with Gasteiger partial charge in [-0.05, 0) is 18.6 Å². The second kappa shape index (κ2) is 5.74. The smallest absolute Gasteiger partial charge is 0.135 e. The number of halogens is 2. The highest BCUT2D eigenvalue weighted by molar-refractivity contribution is 5.72. The molecule has 0 radical (unpaired) electrons. The van der Waals surface area contributed by atoms with E-state index in [2.05, 4.69) is 10.9 Å². The van der Waals surface area contributed by atoms with Gasteiger partial charge < -0.3 is 10.3 Å². The summed E-state index contributed by atoms with van der Waals surface area (Å²) in [5.74, 6) is 1.92. The summed E-state index contributed by atoms with van der Waals surface area (Å²) in [4.78, 5) is 4.27. The lowest BCUT2D eigenvalue weighted by Crippen LogP contribution is -2.06. The maximum Gasteiger partial charge on any atom is 0.135 e. The Bertz CT molecular complexity index is 648. The number of hydrogen-bond acceptors (Lipinski definition) is 2. The van der Waals surface area contributed by atoms with Crippen LogP contribution < -0.4 is 5.73 Å². The van der Waals surface area contributed by atoms with Crippen LogP contribution in [0.3, 0.4) is 0 Å². The van der Waals surface area contributed by atoms with Crippen LogP contribution in [0.4, 0.5) is 14.6 Å². The summed E-state index contributed by atoms with van der Waals surface area (Å²) in [7, 11) is 0. The van der Waals surface area contributed by atoms with E-state index < -0.39 is 11.6 Å². The summed E-state index contributed by atoms with van der Waals surface area (Å²) in [6.45, 7) is 2.21. The molecule has 0 saturated carbocycles. The van der Waals surface area contributed by atoms with Crippen LogP contribution in [0.15, 0.2) is 18.2 Å². The van der Waals surface area contributed by atoms with Gasteiger partial charge in [0.25, 0.3) is 0 Å². The second-order valence-electron chi connectivity index (χ2n) is 4.40. The first-order chi connectivity index (χ1) is 9.60. The molecule has 0 fully saturated rings. The van der Waals surface area contributed by atoms with Gasteiger partial charge in [0, 0.05) is 6.42 Å². The first-order valence-electron chi connectivity index (χ1n) is 6.32. The maximum atomic E-state index is 13.8. The van der Waals surface area contributed by atoms with Crippen LogP contribution in [0.5, 0.6) is 0 Å². The van der Waals surface area contributed by atoms with E-state index in [4.69, 9.17) is 12.2 Å². The number of nitrogens with zero attached hydrogens (tertiary/aromatic N) is 2. The molecule has 20 heavy (non-hydrogen) atoms. The summed E-state index contributed by atoms with van der Waals surface area (Å²) in [6, 6.07) is 3.66. The molecule has 5 heteroatoms. The van der Waals surface area contributed by atoms with E-state index in [-0.39, 0.29) is 23.6 Å². The van der Waals surface area contributed by atoms with Crippen LogP contribution in [-0.2, 0) is 13.0 Å². The van der Waals surface area contributed by atoms with Gasteiger partial charge in [0.2, 0.25) is 0 Å². The van der Waals surface area contributed by atoms with E-state index in [0.717, 1.165) is 6.42 Å². The molecule has 1 heterocycles. The van der Waals surface area contributed by atoms with Crippen molar-refractivity contribution in [3.8, 4) is 23.6 Å². The Balaban J connectivity index is 2.64. The molecule has 0 amide bonds. The summed E-state index contributed by atoms with van der Waals surface area (Å²) in [6.07, 6.45) is 6.77. The molecular formula is C15H15F2N3. The van der Waals surface area contributed by atoms with Crippen LogP contribution >= 0.6 is 0 Å². The number of anilines is 1. The van der Waals surface area contributed by atoms with E-state index in [9.17, 15) is 8.78 Å². The fourth-order valence-electron chi connectivity index (χ4n) is 2.10. The molecule has 2 aromatic rings. The molecule has 0 spiro atoms. The Kier molecular flexibility index (Phi) is 4.04. The average molecular weight is 275 g/mol. The van der Waals surface area contributed by atoms with Gasteiger partial charge in [0.05, 0.1) is 12.1 Å². The minimum absolute atomic E-state index is 0.110. The lowest BCUT2D eigenvalue weighted by molar-refractivity contribution is 0.589. The van der Waals surface area contributed by atoms with Crippen molar-refractivity contribution in [3.63, 3.8) is 0 Å². The molecule has 0 bridgehead atoms. The number of benzene rings is 1. The van der Waals surface area contributed by atoms with Crippen molar-refractivity contribution in [1.29, 1.82) is 0 Å². The van der Waals surface area contributed by atoms with Crippen molar-refractivity contribution in [2.75, 3.05) is 5.73 Å². The summed E-state index contributed by atoms with van der Waals surface area (Å²) in [5.41, 5.74) is 5.86. The number of hydrogen-bond donors (Lipinski definition) is 1. The molecule has 0 aliphatic carbocycles. The molecule has 0 unspecified atom stereocenters. The van der Waals surface area contributed by atoms with Gasteiger partial charge >= 0.3 is 0 Å². The summed E-state index contributed by atoms with van der Waals surface area (Å²) >= 11 is 0. The SMILES string of the molecule is C#CCn1c(CCC)nc(-c2c(F)cccc2F)c1N. The van der Waals surface area contributed by atoms with Crippen LogP contribution in [0.1, 0.15) is 19.2 Å². The standard InChI is InChI=1S/C15H15F2N3/c1-3-6-12-19-14(15(18)20(12)9-4-2)13-10(16)7-5-8-11(13)17/h2,5,7-8H,3,6,9,18H2,1H3. The fraction of sp³-hybridized carbons (Fsp3) is 0.267. The Labute approximate surface area is 116 Å². The molecule has 0 aliphatic rings. The first kappa shape index (κ1) is 14.1. The van der Waals surface area contributed by atoms with Crippen molar-refractivity contribution < 1.29 is 8.78 Å². The highest BCUT2D eigenvalue weighted by atomic mass is 19.1. The van der Waals surface area contributed by atoms with Gasteiger partial charge in [-0.2, -0.15) is 0 Å². The molecular weight excluding hydrogens is 260 g/mol. The number of rotatable bonds is 4. The maximum absolute atomic E-state index is 13.8. The van der Waals surface area contributed by atoms with Crippen molar-refractivity contribution in [3.05, 3.63) is 35.7 Å². The molecule has 0 aliphatic heterocycles. The van der Waals surface area contributed by atoms with Gasteiger partial charge in [-0.15, -0.1) is 6.42 Å². The zero-order chi connectivity index (χ0) is 14.7. The van der Waals surface area contributed by atoms with E-state index in [1.165, 1.54) is 18.2 Å². The Morgan fingerprint density at radius 2 is 2.00 bits per heavy atom. The molecule has 2 rings (SSSR count). The predicted molar refractivity (Wildman–Crippen MR) is 74.8 cm³/mol. The van der Waals surface area contributed by atoms with E-state index in [0.29, 0.717) is 12.2 Å². The van der Waals surface area contributed by atoms with Gasteiger partial charge in [-0.1, -0.05) is 18.9 Å². The van der Waals surface area contributed by atoms with Crippen LogP contribution in [0, 0.1) is 24.0 Å². The van der Waals surface area contributed by atoms with Crippen molar-refractivity contribution >= 4 is 5.82 Å². The molecule has 2 N–H and O–H groups in total. The topological polar surface area (TPSA) is 43.8 Å². The number of aromatic nitrogens is 2. The molecule has 104 valence electrons. The number of aryl methyl sites for hydroxylation is 1. The zero-order valence-corrected chi connectivity index (χ0v) is 11.2. The van der Waals surface area contributed by atoms with Crippen LogP contribution in [-0.4, -0.2) is 9.55 Å². The number of imidazole rings is 1. The van der Waals surface area contributed by atoms with Crippen LogP contribution in [0.25, 0.3) is 11.3 Å². The Morgan fingerprint density at radius 1 is 1.35 bits per heavy atom. The Hall–Kier alpha value is -2.35. The molecule has 3 nitrogen and oxygen atoms in total. The quantitative estimate of drug-likeness (QED) is 0.872. The monoisotopic (exact) mass is 275 g/mol. The van der Waals surface area contributed by atoms with Crippen molar-refractivity contribution in [2.45, 2.75) is 26.3 Å². The number of nitrogen functional groups attached to an aromatic ring is 1. The molecule has 0 saturated heterocycles. The lowest BCUT2D eigenvalue weighted by Gasteiger charge is -2.05. The minimum Gasteiger partial charge on any atom is -0.383 e. The third-order valence-electron chi connectivity index (χ3n) is 3.01. The summed E-state index contributed by atoms with van der Waals surface area (Å²) in [5, 5.41) is 0. The van der Waals surface area contributed by atoms with Crippen molar-refractivity contribution in [2.24, 2.45) is 0 Å². The highest BCUT2D eigenvalue weighted by Crippen LogP contribution is 2.31. The number of nitrogens with two attached hydrogens (primary N) is 1. The molecule has 1 aromatic heterocycles. The number of terminal acetylenes is 1. The fourth-order valence-corrected chi connectivity index (χ4v) is 2.10. The Morgan fingerprint density at radius 3 is 2.55 bits per heavy atom. The highest BCUT2D eigenvalue weighted by Gasteiger charge is 2.20. The summed E-state index contributed by atoms with van der Waals surface area (Å²) < 4.78 is 29.3. The third kappa shape index (κ3) is 2.37. The first-order valence-corrected chi connectivity index (χ1v) is 6.32. The third-order valence-corrected chi connectivity index (χ3v) is 3.01. The largest absolute Gasteiger partial charge is 0.383 e. The van der Waals surface area contributed by atoms with E-state index >= 15 is 0 Å². The predicted octanol–water partition coefficient (Wildman–Crippen LogP) is 3.00. The van der Waals surface area contributed by atoms with Gasteiger partial charge in [-0.25, -0.2) is 13.8 Å². The molecule has 0 atom stereocenters. The van der Waals surface area contributed by atoms with Crippen molar-refractivity contribution in [1.82, 2.24) is 9.55 Å².